The highest BCUT2D eigenvalue weighted by Crippen LogP contribution is 2.21. The minimum absolute atomic E-state index is 0.419. The first-order valence-electron chi connectivity index (χ1n) is 6.53. The maximum absolute atomic E-state index is 11.2. The van der Waals surface area contributed by atoms with Gasteiger partial charge in [-0.05, 0) is 13.3 Å². The van der Waals surface area contributed by atoms with Crippen LogP contribution in [0.1, 0.15) is 65.2 Å². The zero-order chi connectivity index (χ0) is 13.1. The lowest BCUT2D eigenvalue weighted by Gasteiger charge is -2.12. The first kappa shape index (κ1) is 17.1. The van der Waals surface area contributed by atoms with E-state index in [2.05, 4.69) is 6.92 Å². The fraction of sp³-hybridized carbons (Fsp3) is 0.923. The Morgan fingerprint density at radius 2 is 1.47 bits per heavy atom. The van der Waals surface area contributed by atoms with Crippen LogP contribution in [0.2, 0.25) is 0 Å². The predicted octanol–water partition coefficient (Wildman–Crippen LogP) is 4.86. The third-order valence-electron chi connectivity index (χ3n) is 2.59. The monoisotopic (exact) mass is 282 g/mol. The molecule has 0 bridgehead atoms. The van der Waals surface area contributed by atoms with Crippen LogP contribution in [0.25, 0.3) is 0 Å². The summed E-state index contributed by atoms with van der Waals surface area (Å²) >= 11 is 11.2. The molecule has 0 aromatic carbocycles. The van der Waals surface area contributed by atoms with Crippen molar-refractivity contribution >= 4 is 29.2 Å². The van der Waals surface area contributed by atoms with Gasteiger partial charge in [0.05, 0.1) is 6.61 Å². The maximum atomic E-state index is 11.2. The number of ether oxygens (including phenoxy) is 1. The van der Waals surface area contributed by atoms with Crippen molar-refractivity contribution in [2.75, 3.05) is 6.61 Å². The fourth-order valence-electron chi connectivity index (χ4n) is 1.53. The second-order valence-corrected chi connectivity index (χ2v) is 6.20. The molecule has 0 radical (unpaired) electrons. The number of carbonyl (C=O) groups excluding carboxylic acids is 1. The Morgan fingerprint density at radius 1 is 1.00 bits per heavy atom. The summed E-state index contributed by atoms with van der Waals surface area (Å²) in [4.78, 5) is 11.2. The van der Waals surface area contributed by atoms with E-state index < -0.39 is 10.3 Å². The van der Waals surface area contributed by atoms with Crippen LogP contribution in [0.3, 0.4) is 0 Å². The predicted molar refractivity (Wildman–Crippen MR) is 73.7 cm³/mol. The second-order valence-electron chi connectivity index (χ2n) is 4.50. The molecule has 0 aliphatic carbocycles. The third kappa shape index (κ3) is 10.9. The quantitative estimate of drug-likeness (QED) is 0.325. The maximum Gasteiger partial charge on any atom is 0.342 e. The van der Waals surface area contributed by atoms with Gasteiger partial charge in [-0.15, -0.1) is 0 Å². The van der Waals surface area contributed by atoms with E-state index in [-0.39, 0.29) is 0 Å². The average molecular weight is 283 g/mol. The van der Waals surface area contributed by atoms with Crippen LogP contribution in [0.15, 0.2) is 0 Å². The van der Waals surface area contributed by atoms with Crippen molar-refractivity contribution in [1.29, 1.82) is 0 Å². The molecule has 17 heavy (non-hydrogen) atoms. The summed E-state index contributed by atoms with van der Waals surface area (Å²) in [6.07, 6.45) is 9.74. The van der Waals surface area contributed by atoms with Gasteiger partial charge in [0.25, 0.3) is 0 Å². The van der Waals surface area contributed by atoms with Crippen molar-refractivity contribution in [1.82, 2.24) is 0 Å². The Kier molecular flexibility index (Phi) is 10.0. The average Bonchev–Trinajstić information content (AvgIpc) is 2.25. The molecule has 0 unspecified atom stereocenters. The lowest BCUT2D eigenvalue weighted by molar-refractivity contribution is -0.144. The van der Waals surface area contributed by atoms with Gasteiger partial charge in [0, 0.05) is 0 Å². The summed E-state index contributed by atoms with van der Waals surface area (Å²) in [5.74, 6) is -0.552. The van der Waals surface area contributed by atoms with Gasteiger partial charge in [0.2, 0.25) is 4.33 Å². The van der Waals surface area contributed by atoms with E-state index in [1.807, 2.05) is 0 Å². The van der Waals surface area contributed by atoms with E-state index in [0.29, 0.717) is 6.61 Å². The summed E-state index contributed by atoms with van der Waals surface area (Å²) in [7, 11) is 0. The van der Waals surface area contributed by atoms with Crippen LogP contribution in [-0.4, -0.2) is 16.9 Å². The molecule has 0 aliphatic rings. The molecule has 0 saturated carbocycles. The standard InChI is InChI=1S/C13H24Cl2O2/c1-3-4-5-6-7-8-9-10-11-17-12(16)13(2,14)15/h3-11H2,1-2H3. The number of unbranched alkanes of at least 4 members (excludes halogenated alkanes) is 7. The van der Waals surface area contributed by atoms with Crippen molar-refractivity contribution in [2.45, 2.75) is 69.5 Å². The van der Waals surface area contributed by atoms with Crippen molar-refractivity contribution in [3.8, 4) is 0 Å². The Labute approximate surface area is 115 Å². The van der Waals surface area contributed by atoms with Crippen LogP contribution in [0.5, 0.6) is 0 Å². The highest BCUT2D eigenvalue weighted by Gasteiger charge is 2.28. The Morgan fingerprint density at radius 3 is 1.94 bits per heavy atom. The molecule has 0 fully saturated rings. The normalized spacial score (nSPS) is 11.5. The molecule has 0 saturated heterocycles. The largest absolute Gasteiger partial charge is 0.463 e. The smallest absolute Gasteiger partial charge is 0.342 e. The molecule has 0 aliphatic heterocycles. The highest BCUT2D eigenvalue weighted by atomic mass is 35.5. The van der Waals surface area contributed by atoms with E-state index in [1.54, 1.807) is 0 Å². The molecule has 102 valence electrons. The number of halogens is 2. The van der Waals surface area contributed by atoms with Crippen LogP contribution in [0.4, 0.5) is 0 Å². The Hall–Kier alpha value is 0.0500. The summed E-state index contributed by atoms with van der Waals surface area (Å²) < 4.78 is 3.53. The van der Waals surface area contributed by atoms with E-state index in [4.69, 9.17) is 27.9 Å². The van der Waals surface area contributed by atoms with E-state index in [1.165, 1.54) is 45.4 Å². The van der Waals surface area contributed by atoms with Gasteiger partial charge in [-0.25, -0.2) is 4.79 Å². The fourth-order valence-corrected chi connectivity index (χ4v) is 1.64. The molecule has 0 N–H and O–H groups in total. The Bertz CT molecular complexity index is 200. The minimum atomic E-state index is -1.42. The van der Waals surface area contributed by atoms with Crippen LogP contribution < -0.4 is 0 Å². The highest BCUT2D eigenvalue weighted by molar-refractivity contribution is 6.57. The van der Waals surface area contributed by atoms with Gasteiger partial charge < -0.3 is 4.74 Å². The molecule has 0 rings (SSSR count). The van der Waals surface area contributed by atoms with Crippen molar-refractivity contribution in [3.05, 3.63) is 0 Å². The van der Waals surface area contributed by atoms with Crippen LogP contribution in [-0.2, 0) is 9.53 Å². The number of rotatable bonds is 10. The molecule has 0 atom stereocenters. The van der Waals surface area contributed by atoms with Crippen molar-refractivity contribution in [2.24, 2.45) is 0 Å². The number of carbonyl (C=O) groups is 1. The first-order chi connectivity index (χ1) is 7.98. The van der Waals surface area contributed by atoms with Gasteiger partial charge >= 0.3 is 5.97 Å². The lowest BCUT2D eigenvalue weighted by atomic mass is 10.1. The van der Waals surface area contributed by atoms with Crippen molar-refractivity contribution in [3.63, 3.8) is 0 Å². The summed E-state index contributed by atoms with van der Waals surface area (Å²) in [5, 5.41) is 0. The van der Waals surface area contributed by atoms with E-state index in [0.717, 1.165) is 12.8 Å². The number of hydrogen-bond acceptors (Lipinski definition) is 2. The van der Waals surface area contributed by atoms with Gasteiger partial charge in [0.15, 0.2) is 0 Å². The van der Waals surface area contributed by atoms with Gasteiger partial charge in [-0.1, -0.05) is 75.1 Å². The first-order valence-corrected chi connectivity index (χ1v) is 7.29. The summed E-state index contributed by atoms with van der Waals surface area (Å²) in [5.41, 5.74) is 0. The molecule has 0 amide bonds. The molecule has 0 aromatic rings. The Balaban J connectivity index is 3.22. The minimum Gasteiger partial charge on any atom is -0.463 e. The van der Waals surface area contributed by atoms with Gasteiger partial charge in [-0.3, -0.25) is 0 Å². The second kappa shape index (κ2) is 10.0. The topological polar surface area (TPSA) is 26.3 Å². The zero-order valence-electron chi connectivity index (χ0n) is 10.9. The zero-order valence-corrected chi connectivity index (χ0v) is 12.4. The summed E-state index contributed by atoms with van der Waals surface area (Å²) in [6, 6.07) is 0. The van der Waals surface area contributed by atoms with Gasteiger partial charge in [0.1, 0.15) is 0 Å². The van der Waals surface area contributed by atoms with E-state index in [9.17, 15) is 4.79 Å². The molecule has 4 heteroatoms. The molecule has 0 spiro atoms. The molecular formula is C13H24Cl2O2. The molecule has 2 nitrogen and oxygen atoms in total. The van der Waals surface area contributed by atoms with Crippen LogP contribution in [0, 0.1) is 0 Å². The summed E-state index contributed by atoms with van der Waals surface area (Å²) in [6.45, 7) is 4.06. The van der Waals surface area contributed by atoms with E-state index >= 15 is 0 Å². The molecular weight excluding hydrogens is 259 g/mol. The lowest BCUT2D eigenvalue weighted by Crippen LogP contribution is -2.24. The van der Waals surface area contributed by atoms with Crippen LogP contribution >= 0.6 is 23.2 Å². The SMILES string of the molecule is CCCCCCCCCCOC(=O)C(C)(Cl)Cl. The molecule has 0 aromatic heterocycles. The number of alkyl halides is 2. The van der Waals surface area contributed by atoms with Crippen molar-refractivity contribution < 1.29 is 9.53 Å². The number of esters is 1. The number of hydrogen-bond donors (Lipinski definition) is 0. The van der Waals surface area contributed by atoms with Gasteiger partial charge in [-0.2, -0.15) is 0 Å². The third-order valence-corrected chi connectivity index (χ3v) is 2.90. The molecule has 0 heterocycles.